The first-order valence-electron chi connectivity index (χ1n) is 13.2. The molecule has 2 fully saturated rings. The Labute approximate surface area is 208 Å². The molecule has 0 saturated heterocycles. The van der Waals surface area contributed by atoms with Crippen molar-refractivity contribution in [3.63, 3.8) is 0 Å². The first kappa shape index (κ1) is 27.2. The van der Waals surface area contributed by atoms with Gasteiger partial charge in [-0.25, -0.2) is 5.01 Å². The third-order valence-corrected chi connectivity index (χ3v) is 8.75. The molecular weight excluding hydrogens is 444 g/mol. The van der Waals surface area contributed by atoms with Crippen LogP contribution in [0.15, 0.2) is 23.4 Å². The number of aliphatic hydroxyl groups is 1. The summed E-state index contributed by atoms with van der Waals surface area (Å²) in [5.41, 5.74) is 11.3. The highest BCUT2D eigenvalue weighted by Crippen LogP contribution is 2.60. The molecule has 8 nitrogen and oxygen atoms in total. The Hall–Kier alpha value is -2.44. The van der Waals surface area contributed by atoms with E-state index in [9.17, 15) is 15.0 Å². The summed E-state index contributed by atoms with van der Waals surface area (Å²) in [5.74, 6) is 1.10. The summed E-state index contributed by atoms with van der Waals surface area (Å²) in [6.45, 7) is 6.89. The Morgan fingerprint density at radius 3 is 2.74 bits per heavy atom. The van der Waals surface area contributed by atoms with Crippen molar-refractivity contribution in [2.24, 2.45) is 28.4 Å². The van der Waals surface area contributed by atoms with Gasteiger partial charge in [-0.2, -0.15) is 4.91 Å². The second-order valence-corrected chi connectivity index (χ2v) is 11.0. The molecule has 4 rings (SSSR count). The van der Waals surface area contributed by atoms with E-state index in [0.29, 0.717) is 24.1 Å². The summed E-state index contributed by atoms with van der Waals surface area (Å²) in [4.78, 5) is 13.3. The van der Waals surface area contributed by atoms with Crippen molar-refractivity contribution in [3.8, 4) is 5.75 Å². The number of phenols is 1. The lowest BCUT2D eigenvalue weighted by atomic mass is 9.55. The van der Waals surface area contributed by atoms with Crippen LogP contribution in [-0.4, -0.2) is 45.5 Å². The zero-order valence-corrected chi connectivity index (χ0v) is 21.4. The van der Waals surface area contributed by atoms with Crippen molar-refractivity contribution in [3.05, 3.63) is 39.8 Å². The van der Waals surface area contributed by atoms with Gasteiger partial charge in [0.05, 0.1) is 18.6 Å². The average Bonchev–Trinajstić information content (AvgIpc) is 3.13. The number of phenolic OH excluding ortho intramolecular Hbond substituents is 1. The first-order chi connectivity index (χ1) is 16.7. The Morgan fingerprint density at radius 2 is 2.06 bits per heavy atom. The maximum absolute atomic E-state index is 10.6. The van der Waals surface area contributed by atoms with Crippen molar-refractivity contribution >= 4 is 5.97 Å². The van der Waals surface area contributed by atoms with Gasteiger partial charge in [-0.3, -0.25) is 4.79 Å². The normalized spacial score (nSPS) is 29.4. The average molecular weight is 487 g/mol. The summed E-state index contributed by atoms with van der Waals surface area (Å²) >= 11 is 0. The van der Waals surface area contributed by atoms with Crippen LogP contribution < -0.4 is 0 Å². The molecule has 2 saturated carbocycles. The number of rotatable bonds is 8. The largest absolute Gasteiger partial charge is 0.508 e. The molecule has 0 heterocycles. The predicted molar refractivity (Wildman–Crippen MR) is 136 cm³/mol. The van der Waals surface area contributed by atoms with Gasteiger partial charge in [0.25, 0.3) is 0 Å². The lowest BCUT2D eigenvalue weighted by molar-refractivity contribution is -0.141. The molecule has 0 bridgehead atoms. The zero-order chi connectivity index (χ0) is 25.6. The number of fused-ring (bicyclic) bond motifs is 5. The molecule has 194 valence electrons. The number of aliphatic hydroxyl groups excluding tert-OH is 1. The zero-order valence-electron chi connectivity index (χ0n) is 21.4. The monoisotopic (exact) mass is 486 g/mol. The molecule has 3 aliphatic rings. The van der Waals surface area contributed by atoms with Gasteiger partial charge < -0.3 is 15.3 Å². The van der Waals surface area contributed by atoms with Gasteiger partial charge in [-0.15, -0.1) is 5.53 Å². The molecule has 35 heavy (non-hydrogen) atoms. The fraction of sp³-hybridized carbons (Fsp3) is 0.741. The number of hydrogen-bond donors (Lipinski definition) is 3. The molecule has 1 aromatic carbocycles. The third-order valence-electron chi connectivity index (χ3n) is 8.75. The van der Waals surface area contributed by atoms with Gasteiger partial charge in [0.15, 0.2) is 0 Å². The summed E-state index contributed by atoms with van der Waals surface area (Å²) in [6, 6.07) is 5.96. The van der Waals surface area contributed by atoms with Crippen LogP contribution in [-0.2, 0) is 11.2 Å². The Bertz CT molecular complexity index is 918. The van der Waals surface area contributed by atoms with E-state index >= 15 is 0 Å². The highest BCUT2D eigenvalue weighted by Gasteiger charge is 2.54. The number of azide groups is 1. The van der Waals surface area contributed by atoms with Crippen molar-refractivity contribution < 1.29 is 20.1 Å². The number of carbonyl (C=O) groups is 1. The Balaban J connectivity index is 0.000000207. The van der Waals surface area contributed by atoms with E-state index in [1.54, 1.807) is 6.92 Å². The first-order valence-corrected chi connectivity index (χ1v) is 13.2. The summed E-state index contributed by atoms with van der Waals surface area (Å²) in [5, 5.41) is 33.7. The van der Waals surface area contributed by atoms with E-state index in [0.717, 1.165) is 44.4 Å². The fourth-order valence-corrected chi connectivity index (χ4v) is 6.71. The summed E-state index contributed by atoms with van der Waals surface area (Å²) in [6.07, 6.45) is 9.84. The van der Waals surface area contributed by atoms with Crippen molar-refractivity contribution in [2.75, 3.05) is 13.1 Å². The Kier molecular flexibility index (Phi) is 9.31. The van der Waals surface area contributed by atoms with Crippen LogP contribution in [0.2, 0.25) is 0 Å². The van der Waals surface area contributed by atoms with Gasteiger partial charge in [-0.1, -0.05) is 26.3 Å². The number of carboxylic acid groups (broad SMARTS) is 1. The number of unbranched alkanes of at least 4 members (excludes halogenated alkanes) is 2. The number of aromatic hydroxyl groups is 1. The molecule has 1 aromatic rings. The molecule has 0 amide bonds. The van der Waals surface area contributed by atoms with E-state index in [1.165, 1.54) is 35.4 Å². The molecule has 0 radical (unpaired) electrons. The van der Waals surface area contributed by atoms with Crippen LogP contribution in [0.4, 0.5) is 0 Å². The molecule has 8 heteroatoms. The standard InChI is InChI=1S/C18H24O2.C9H18N4O2/c1-18-9-8-14-13-5-3-12(19)10-11(13)2-4-15(14)16(18)6-7-17(18)20;1-3-4-5-6-13(12-11-10)7-8(2)9(14)15/h3,5,10,14-17,19-20H,2,4,6-9H2,1H3;8H,3-7H2,1-2H3,(H,14,15)/t14?,15?,16?,17-,18-;/m0./s1. The van der Waals surface area contributed by atoms with Crippen LogP contribution in [0, 0.1) is 23.2 Å². The lowest BCUT2D eigenvalue weighted by Gasteiger charge is -2.50. The highest BCUT2D eigenvalue weighted by molar-refractivity contribution is 5.69. The van der Waals surface area contributed by atoms with Gasteiger partial charge in [0, 0.05) is 0 Å². The lowest BCUT2D eigenvalue weighted by Crippen LogP contribution is -2.43. The highest BCUT2D eigenvalue weighted by atomic mass is 16.4. The molecule has 3 aliphatic carbocycles. The number of benzene rings is 1. The molecule has 4 unspecified atom stereocenters. The van der Waals surface area contributed by atoms with Gasteiger partial charge >= 0.3 is 5.97 Å². The third kappa shape index (κ3) is 6.22. The van der Waals surface area contributed by atoms with Gasteiger partial charge in [0.1, 0.15) is 12.3 Å². The predicted octanol–water partition coefficient (Wildman–Crippen LogP) is 6.03. The van der Waals surface area contributed by atoms with E-state index < -0.39 is 11.9 Å². The maximum atomic E-state index is 10.6. The minimum Gasteiger partial charge on any atom is -0.508 e. The molecule has 6 atom stereocenters. The summed E-state index contributed by atoms with van der Waals surface area (Å²) in [7, 11) is 0. The Morgan fingerprint density at radius 1 is 1.29 bits per heavy atom. The SMILES string of the molecule is CCCCCN(CC(C)C(=O)O)N=[N+]=[N-].C[C@]12CCC3c4ccc(O)cc4CCC3C1CC[C@@H]2O. The number of aryl methyl sites for hydroxylation is 1. The van der Waals surface area contributed by atoms with Crippen molar-refractivity contribution in [1.82, 2.24) is 5.01 Å². The van der Waals surface area contributed by atoms with Crippen LogP contribution in [0.1, 0.15) is 89.2 Å². The van der Waals surface area contributed by atoms with Crippen LogP contribution in [0.3, 0.4) is 0 Å². The van der Waals surface area contributed by atoms with E-state index in [2.05, 4.69) is 30.0 Å². The minimum absolute atomic E-state index is 0.0883. The van der Waals surface area contributed by atoms with Crippen molar-refractivity contribution in [2.45, 2.75) is 90.6 Å². The van der Waals surface area contributed by atoms with E-state index in [4.69, 9.17) is 10.6 Å². The molecule has 0 spiro atoms. The number of aliphatic carboxylic acids is 1. The van der Waals surface area contributed by atoms with Crippen LogP contribution in [0.25, 0.3) is 10.4 Å². The molecule has 0 aliphatic heterocycles. The smallest absolute Gasteiger partial charge is 0.310 e. The molecular formula is C27H42N4O4. The second kappa shape index (κ2) is 12.0. The number of nitrogens with zero attached hydrogens (tertiary/aromatic N) is 4. The molecule has 3 N–H and O–H groups in total. The minimum atomic E-state index is -0.872. The quantitative estimate of drug-likeness (QED) is 0.136. The summed E-state index contributed by atoms with van der Waals surface area (Å²) < 4.78 is 0. The van der Waals surface area contributed by atoms with E-state index in [1.807, 2.05) is 12.1 Å². The van der Waals surface area contributed by atoms with E-state index in [-0.39, 0.29) is 18.1 Å². The number of carboxylic acids is 1. The maximum Gasteiger partial charge on any atom is 0.310 e. The number of hydrogen-bond acceptors (Lipinski definition) is 4. The second-order valence-electron chi connectivity index (χ2n) is 11.0. The fourth-order valence-electron chi connectivity index (χ4n) is 6.71. The van der Waals surface area contributed by atoms with Gasteiger partial charge in [0.2, 0.25) is 0 Å². The van der Waals surface area contributed by atoms with Crippen LogP contribution in [0.5, 0.6) is 5.75 Å². The molecule has 0 aromatic heterocycles. The van der Waals surface area contributed by atoms with Gasteiger partial charge in [-0.05, 0) is 110 Å². The van der Waals surface area contributed by atoms with Crippen molar-refractivity contribution in [1.29, 1.82) is 0 Å². The topological polar surface area (TPSA) is 130 Å². The van der Waals surface area contributed by atoms with Crippen LogP contribution >= 0.6 is 0 Å².